The predicted octanol–water partition coefficient (Wildman–Crippen LogP) is 3.09. The first-order valence-electron chi connectivity index (χ1n) is 8.77. The Morgan fingerprint density at radius 2 is 1.90 bits per heavy atom. The fourth-order valence-electron chi connectivity index (χ4n) is 2.63. The lowest BCUT2D eigenvalue weighted by Gasteiger charge is -2.09. The molecule has 0 atom stereocenters. The third-order valence-electron chi connectivity index (χ3n) is 4.15. The lowest BCUT2D eigenvalue weighted by molar-refractivity contribution is -0.113. The Morgan fingerprint density at radius 3 is 2.60 bits per heavy atom. The van der Waals surface area contributed by atoms with Crippen molar-refractivity contribution in [1.29, 1.82) is 0 Å². The minimum absolute atomic E-state index is 0.0412. The van der Waals surface area contributed by atoms with Crippen LogP contribution >= 0.6 is 11.8 Å². The second-order valence-electron chi connectivity index (χ2n) is 6.47. The van der Waals surface area contributed by atoms with Gasteiger partial charge < -0.3 is 10.3 Å². The third-order valence-corrected chi connectivity index (χ3v) is 6.93. The van der Waals surface area contributed by atoms with E-state index in [1.165, 1.54) is 24.3 Å². The largest absolute Gasteiger partial charge is 0.323 e. The standard InChI is InChI=1S/C20H18FN3O4S2/c1-12-7-8-13(2)16(9-12)30(27,28)17-10-22-20(24-19(17)26)29-11-18(25)23-15-6-4-3-5-14(15)21/h3-10H,11H2,1-2H3,(H,23,25)(H,22,24,26). The highest BCUT2D eigenvalue weighted by atomic mass is 32.2. The molecule has 10 heteroatoms. The molecule has 156 valence electrons. The Morgan fingerprint density at radius 1 is 1.17 bits per heavy atom. The van der Waals surface area contributed by atoms with Gasteiger partial charge in [0.15, 0.2) is 10.1 Å². The van der Waals surface area contributed by atoms with E-state index in [4.69, 9.17) is 0 Å². The highest BCUT2D eigenvalue weighted by Crippen LogP contribution is 2.23. The van der Waals surface area contributed by atoms with Crippen LogP contribution in [0.25, 0.3) is 0 Å². The number of sulfone groups is 1. The van der Waals surface area contributed by atoms with E-state index in [0.717, 1.165) is 23.5 Å². The highest BCUT2D eigenvalue weighted by Gasteiger charge is 2.24. The van der Waals surface area contributed by atoms with Crippen molar-refractivity contribution in [3.05, 3.63) is 76.0 Å². The highest BCUT2D eigenvalue weighted by molar-refractivity contribution is 7.99. The van der Waals surface area contributed by atoms with E-state index >= 15 is 0 Å². The zero-order chi connectivity index (χ0) is 21.9. The SMILES string of the molecule is Cc1ccc(C)c(S(=O)(=O)c2cnc(SCC(=O)Nc3ccccc3F)[nH]c2=O)c1. The molecule has 2 N–H and O–H groups in total. The zero-order valence-electron chi connectivity index (χ0n) is 16.1. The molecule has 30 heavy (non-hydrogen) atoms. The summed E-state index contributed by atoms with van der Waals surface area (Å²) in [7, 11) is -4.05. The monoisotopic (exact) mass is 447 g/mol. The van der Waals surface area contributed by atoms with E-state index in [1.807, 2.05) is 0 Å². The van der Waals surface area contributed by atoms with Crippen molar-refractivity contribution in [2.75, 3.05) is 11.1 Å². The molecule has 1 amide bonds. The fraction of sp³-hybridized carbons (Fsp3) is 0.150. The first-order valence-corrected chi connectivity index (χ1v) is 11.2. The van der Waals surface area contributed by atoms with Crippen LogP contribution in [0.2, 0.25) is 0 Å². The van der Waals surface area contributed by atoms with Crippen molar-refractivity contribution in [1.82, 2.24) is 9.97 Å². The molecule has 0 spiro atoms. The van der Waals surface area contributed by atoms with Crippen LogP contribution in [0.5, 0.6) is 0 Å². The van der Waals surface area contributed by atoms with Gasteiger partial charge >= 0.3 is 0 Å². The summed E-state index contributed by atoms with van der Waals surface area (Å²) >= 11 is 0.893. The van der Waals surface area contributed by atoms with Gasteiger partial charge in [0.2, 0.25) is 15.7 Å². The quantitative estimate of drug-likeness (QED) is 0.444. The Bertz CT molecular complexity index is 1270. The number of hydrogen-bond acceptors (Lipinski definition) is 6. The molecule has 1 heterocycles. The minimum atomic E-state index is -4.05. The summed E-state index contributed by atoms with van der Waals surface area (Å²) in [6, 6.07) is 10.7. The average Bonchev–Trinajstić information content (AvgIpc) is 2.70. The number of halogens is 1. The van der Waals surface area contributed by atoms with Crippen molar-refractivity contribution in [2.45, 2.75) is 28.8 Å². The topological polar surface area (TPSA) is 109 Å². The van der Waals surface area contributed by atoms with Crippen molar-refractivity contribution in [3.63, 3.8) is 0 Å². The molecular weight excluding hydrogens is 429 g/mol. The van der Waals surface area contributed by atoms with Crippen molar-refractivity contribution in [2.24, 2.45) is 0 Å². The Labute approximate surface area is 176 Å². The maximum Gasteiger partial charge on any atom is 0.270 e. The maximum atomic E-state index is 13.6. The molecule has 0 aliphatic rings. The molecule has 7 nitrogen and oxygen atoms in total. The minimum Gasteiger partial charge on any atom is -0.323 e. The normalized spacial score (nSPS) is 11.3. The second-order valence-corrected chi connectivity index (χ2v) is 9.32. The summed E-state index contributed by atoms with van der Waals surface area (Å²) in [6.07, 6.45) is 0.979. The Hall–Kier alpha value is -2.98. The van der Waals surface area contributed by atoms with Crippen LogP contribution in [-0.2, 0) is 14.6 Å². The molecule has 0 unspecified atom stereocenters. The molecule has 0 bridgehead atoms. The number of thioether (sulfide) groups is 1. The summed E-state index contributed by atoms with van der Waals surface area (Å²) in [5.74, 6) is -1.22. The number of carbonyl (C=O) groups is 1. The summed E-state index contributed by atoms with van der Waals surface area (Å²) < 4.78 is 39.3. The van der Waals surface area contributed by atoms with Gasteiger partial charge in [-0.3, -0.25) is 9.59 Å². The first kappa shape index (κ1) is 21.7. The number of aromatic amines is 1. The number of benzene rings is 2. The number of aromatic nitrogens is 2. The first-order chi connectivity index (χ1) is 14.2. The van der Waals surface area contributed by atoms with Gasteiger partial charge in [-0.2, -0.15) is 0 Å². The molecular formula is C20H18FN3O4S2. The van der Waals surface area contributed by atoms with E-state index in [0.29, 0.717) is 5.56 Å². The van der Waals surface area contributed by atoms with Crippen LogP contribution in [0.3, 0.4) is 0 Å². The summed E-state index contributed by atoms with van der Waals surface area (Å²) in [5, 5.41) is 2.49. The Balaban J connectivity index is 1.75. The van der Waals surface area contributed by atoms with Gasteiger partial charge in [0.05, 0.1) is 22.5 Å². The van der Waals surface area contributed by atoms with Crippen LogP contribution in [0.1, 0.15) is 11.1 Å². The van der Waals surface area contributed by atoms with Gasteiger partial charge in [-0.25, -0.2) is 17.8 Å². The molecule has 2 aromatic carbocycles. The van der Waals surface area contributed by atoms with Gasteiger partial charge in [0.1, 0.15) is 5.82 Å². The molecule has 0 fully saturated rings. The van der Waals surface area contributed by atoms with Crippen LogP contribution in [0, 0.1) is 19.7 Å². The van der Waals surface area contributed by atoms with Crippen molar-refractivity contribution in [3.8, 4) is 0 Å². The Kier molecular flexibility index (Phi) is 6.37. The van der Waals surface area contributed by atoms with Crippen LogP contribution in [0.15, 0.2) is 68.4 Å². The number of H-pyrrole nitrogens is 1. The van der Waals surface area contributed by atoms with Crippen molar-refractivity contribution < 1.29 is 17.6 Å². The van der Waals surface area contributed by atoms with Gasteiger partial charge in [0.25, 0.3) is 5.56 Å². The maximum absolute atomic E-state index is 13.6. The number of carbonyl (C=O) groups excluding carboxylic acids is 1. The average molecular weight is 448 g/mol. The van der Waals surface area contributed by atoms with Crippen molar-refractivity contribution >= 4 is 33.2 Å². The summed E-state index contributed by atoms with van der Waals surface area (Å²) in [4.78, 5) is 30.3. The van der Waals surface area contributed by atoms with Gasteiger partial charge in [-0.15, -0.1) is 0 Å². The van der Waals surface area contributed by atoms with E-state index in [1.54, 1.807) is 32.0 Å². The zero-order valence-corrected chi connectivity index (χ0v) is 17.7. The second kappa shape index (κ2) is 8.80. The van der Waals surface area contributed by atoms with Gasteiger partial charge in [-0.05, 0) is 43.2 Å². The molecule has 0 saturated carbocycles. The van der Waals surface area contributed by atoms with E-state index in [-0.39, 0.29) is 21.5 Å². The number of aryl methyl sites for hydroxylation is 2. The number of nitrogens with one attached hydrogen (secondary N) is 2. The number of rotatable bonds is 6. The number of para-hydroxylation sites is 1. The molecule has 0 radical (unpaired) electrons. The number of amides is 1. The molecule has 0 saturated heterocycles. The molecule has 1 aromatic heterocycles. The predicted molar refractivity (Wildman–Crippen MR) is 112 cm³/mol. The molecule has 3 aromatic rings. The molecule has 0 aliphatic carbocycles. The number of nitrogens with zero attached hydrogens (tertiary/aromatic N) is 1. The molecule has 0 aliphatic heterocycles. The number of hydrogen-bond donors (Lipinski definition) is 2. The van der Waals surface area contributed by atoms with Crippen LogP contribution in [-0.4, -0.2) is 30.0 Å². The van der Waals surface area contributed by atoms with E-state index in [9.17, 15) is 22.4 Å². The van der Waals surface area contributed by atoms with Gasteiger partial charge in [0, 0.05) is 0 Å². The summed E-state index contributed by atoms with van der Waals surface area (Å²) in [6.45, 7) is 3.40. The van der Waals surface area contributed by atoms with E-state index < -0.39 is 32.0 Å². The smallest absolute Gasteiger partial charge is 0.270 e. The lowest BCUT2D eigenvalue weighted by Crippen LogP contribution is -2.20. The third kappa shape index (κ3) is 4.77. The fourth-order valence-corrected chi connectivity index (χ4v) is 4.82. The lowest BCUT2D eigenvalue weighted by atomic mass is 10.2. The van der Waals surface area contributed by atoms with E-state index in [2.05, 4.69) is 15.3 Å². The van der Waals surface area contributed by atoms with Crippen LogP contribution < -0.4 is 10.9 Å². The van der Waals surface area contributed by atoms with Gasteiger partial charge in [-0.1, -0.05) is 36.0 Å². The molecule has 3 rings (SSSR count). The number of anilines is 1. The van der Waals surface area contributed by atoms with Crippen LogP contribution in [0.4, 0.5) is 10.1 Å². The summed E-state index contributed by atoms with van der Waals surface area (Å²) in [5.41, 5.74) is 0.474.